The zero-order valence-corrected chi connectivity index (χ0v) is 25.2. The van der Waals surface area contributed by atoms with Crippen LogP contribution in [0, 0.1) is 0 Å². The minimum atomic E-state index is 0.0823. The molecule has 220 valence electrons. The summed E-state index contributed by atoms with van der Waals surface area (Å²) in [7, 11) is 0. The van der Waals surface area contributed by atoms with Gasteiger partial charge in [-0.2, -0.15) is 10.2 Å². The number of carbonyl (C=O) groups is 1. The number of hydrogen-bond donors (Lipinski definition) is 0. The Morgan fingerprint density at radius 2 is 1.00 bits per heavy atom. The molecule has 0 aliphatic heterocycles. The van der Waals surface area contributed by atoms with E-state index >= 15 is 0 Å². The lowest BCUT2D eigenvalue weighted by molar-refractivity contribution is 0.101. The summed E-state index contributed by atoms with van der Waals surface area (Å²) in [5.41, 5.74) is 3.80. The molecule has 5 heteroatoms. The molecule has 0 saturated carbocycles. The minimum Gasteiger partial charge on any atom is -0.494 e. The molecule has 3 aromatic rings. The number of hydrogen-bond acceptors (Lipinski definition) is 5. The highest BCUT2D eigenvalue weighted by molar-refractivity contribution is 5.94. The van der Waals surface area contributed by atoms with Gasteiger partial charge in [-0.15, -0.1) is 0 Å². The molecule has 0 bridgehead atoms. The van der Waals surface area contributed by atoms with Gasteiger partial charge in [0.05, 0.1) is 24.6 Å². The van der Waals surface area contributed by atoms with E-state index in [0.29, 0.717) is 0 Å². The molecule has 3 rings (SSSR count). The van der Waals surface area contributed by atoms with E-state index in [9.17, 15) is 4.79 Å². The van der Waals surface area contributed by atoms with Crippen LogP contribution in [-0.4, -0.2) is 19.0 Å². The molecule has 0 aromatic heterocycles. The van der Waals surface area contributed by atoms with Crippen molar-refractivity contribution < 1.29 is 14.3 Å². The molecule has 0 unspecified atom stereocenters. The Balaban J connectivity index is 1.17. The van der Waals surface area contributed by atoms with Crippen LogP contribution < -0.4 is 9.47 Å². The number of azo groups is 1. The van der Waals surface area contributed by atoms with Crippen molar-refractivity contribution in [2.75, 3.05) is 13.2 Å². The minimum absolute atomic E-state index is 0.0823. The van der Waals surface area contributed by atoms with Gasteiger partial charge >= 0.3 is 0 Å². The van der Waals surface area contributed by atoms with Crippen LogP contribution in [0.4, 0.5) is 11.4 Å². The molecule has 0 radical (unpaired) electrons. The van der Waals surface area contributed by atoms with Crippen molar-refractivity contribution in [3.05, 3.63) is 83.9 Å². The van der Waals surface area contributed by atoms with Crippen LogP contribution in [0.2, 0.25) is 0 Å². The van der Waals surface area contributed by atoms with Gasteiger partial charge in [-0.1, -0.05) is 76.8 Å². The van der Waals surface area contributed by atoms with E-state index in [0.717, 1.165) is 60.9 Å². The van der Waals surface area contributed by atoms with Gasteiger partial charge < -0.3 is 9.47 Å². The van der Waals surface area contributed by atoms with E-state index in [1.807, 2.05) is 60.7 Å². The second-order valence-corrected chi connectivity index (χ2v) is 10.8. The SMILES string of the molecule is CCCCCCc1ccc(N=Nc2ccc(OCCCCCCCCCCOc3ccc(C(C)=O)cc3)cc2)cc1. The van der Waals surface area contributed by atoms with Gasteiger partial charge in [0.1, 0.15) is 11.5 Å². The molecule has 0 N–H and O–H groups in total. The van der Waals surface area contributed by atoms with Crippen LogP contribution in [0.1, 0.15) is 107 Å². The van der Waals surface area contributed by atoms with Gasteiger partial charge in [0, 0.05) is 5.56 Å². The number of ketones is 1. The summed E-state index contributed by atoms with van der Waals surface area (Å²) in [4.78, 5) is 11.3. The number of Topliss-reactive ketones (excluding diaryl/α,β-unsaturated/α-hetero) is 1. The van der Waals surface area contributed by atoms with Gasteiger partial charge in [-0.25, -0.2) is 0 Å². The Kier molecular flexibility index (Phi) is 15.3. The highest BCUT2D eigenvalue weighted by atomic mass is 16.5. The second-order valence-electron chi connectivity index (χ2n) is 10.8. The number of rotatable bonds is 21. The molecule has 0 amide bonds. The van der Waals surface area contributed by atoms with E-state index in [2.05, 4.69) is 29.3 Å². The molecule has 0 spiro atoms. The fraction of sp³-hybridized carbons (Fsp3) is 0.472. The Morgan fingerprint density at radius 1 is 0.561 bits per heavy atom. The number of nitrogens with zero attached hydrogens (tertiary/aromatic N) is 2. The summed E-state index contributed by atoms with van der Waals surface area (Å²) in [6.07, 6.45) is 15.9. The van der Waals surface area contributed by atoms with Crippen LogP contribution in [0.15, 0.2) is 83.0 Å². The van der Waals surface area contributed by atoms with E-state index in [-0.39, 0.29) is 5.78 Å². The van der Waals surface area contributed by atoms with Crippen molar-refractivity contribution in [2.45, 2.75) is 97.3 Å². The second kappa shape index (κ2) is 19.6. The van der Waals surface area contributed by atoms with Gasteiger partial charge in [0.15, 0.2) is 5.78 Å². The van der Waals surface area contributed by atoms with E-state index in [1.165, 1.54) is 69.8 Å². The van der Waals surface area contributed by atoms with E-state index in [4.69, 9.17) is 9.47 Å². The summed E-state index contributed by atoms with van der Waals surface area (Å²) >= 11 is 0. The largest absolute Gasteiger partial charge is 0.494 e. The van der Waals surface area contributed by atoms with Crippen molar-refractivity contribution in [1.82, 2.24) is 0 Å². The third kappa shape index (κ3) is 13.6. The lowest BCUT2D eigenvalue weighted by Crippen LogP contribution is -1.98. The predicted octanol–water partition coefficient (Wildman–Crippen LogP) is 11.0. The van der Waals surface area contributed by atoms with Crippen molar-refractivity contribution in [3.8, 4) is 11.5 Å². The fourth-order valence-electron chi connectivity index (χ4n) is 4.64. The Hall–Kier alpha value is -3.47. The molecule has 0 aliphatic rings. The number of aryl methyl sites for hydroxylation is 1. The number of ether oxygens (including phenoxy) is 2. The summed E-state index contributed by atoms with van der Waals surface area (Å²) in [6.45, 7) is 5.30. The summed E-state index contributed by atoms with van der Waals surface area (Å²) in [5.74, 6) is 1.80. The van der Waals surface area contributed by atoms with Crippen LogP contribution in [0.25, 0.3) is 0 Å². The monoisotopic (exact) mass is 556 g/mol. The van der Waals surface area contributed by atoms with E-state index in [1.54, 1.807) is 6.92 Å². The van der Waals surface area contributed by atoms with Crippen molar-refractivity contribution in [3.63, 3.8) is 0 Å². The molecule has 0 heterocycles. The Bertz CT molecular complexity index is 1140. The van der Waals surface area contributed by atoms with Crippen LogP contribution in [0.3, 0.4) is 0 Å². The number of unbranched alkanes of at least 4 members (excludes halogenated alkanes) is 10. The first-order valence-electron chi connectivity index (χ1n) is 15.6. The fourth-order valence-corrected chi connectivity index (χ4v) is 4.64. The average Bonchev–Trinajstić information content (AvgIpc) is 3.00. The smallest absolute Gasteiger partial charge is 0.159 e. The van der Waals surface area contributed by atoms with Crippen LogP contribution >= 0.6 is 0 Å². The first-order chi connectivity index (χ1) is 20.1. The highest BCUT2D eigenvalue weighted by Crippen LogP contribution is 2.22. The molecule has 3 aromatic carbocycles. The third-order valence-corrected chi connectivity index (χ3v) is 7.21. The van der Waals surface area contributed by atoms with Crippen LogP contribution in [0.5, 0.6) is 11.5 Å². The van der Waals surface area contributed by atoms with E-state index < -0.39 is 0 Å². The quantitative estimate of drug-likeness (QED) is 0.0744. The molecule has 0 atom stereocenters. The first kappa shape index (κ1) is 32.0. The zero-order chi connectivity index (χ0) is 29.0. The van der Waals surface area contributed by atoms with Crippen molar-refractivity contribution >= 4 is 17.2 Å². The summed E-state index contributed by atoms with van der Waals surface area (Å²) in [6, 6.07) is 23.7. The first-order valence-corrected chi connectivity index (χ1v) is 15.6. The van der Waals surface area contributed by atoms with Gasteiger partial charge in [-0.05, 0) is 98.8 Å². The molecule has 0 fully saturated rings. The van der Waals surface area contributed by atoms with Crippen molar-refractivity contribution in [1.29, 1.82) is 0 Å². The molecular formula is C36H48N2O3. The standard InChI is InChI=1S/C36H48N2O3/c1-3-4-5-12-15-31-16-20-33(21-17-31)37-38-34-22-26-36(27-23-34)41-29-14-11-9-7-6-8-10-13-28-40-35-24-18-32(19-25-35)30(2)39/h16-27H,3-15,28-29H2,1-2H3. The summed E-state index contributed by atoms with van der Waals surface area (Å²) < 4.78 is 11.7. The lowest BCUT2D eigenvalue weighted by atomic mass is 10.1. The topological polar surface area (TPSA) is 60.3 Å². The number of carbonyl (C=O) groups excluding carboxylic acids is 1. The van der Waals surface area contributed by atoms with Gasteiger partial charge in [-0.3, -0.25) is 4.79 Å². The molecule has 5 nitrogen and oxygen atoms in total. The molecule has 0 saturated heterocycles. The Morgan fingerprint density at radius 3 is 1.49 bits per heavy atom. The normalized spacial score (nSPS) is 11.2. The molecular weight excluding hydrogens is 508 g/mol. The number of benzene rings is 3. The molecule has 0 aliphatic carbocycles. The maximum atomic E-state index is 11.3. The third-order valence-electron chi connectivity index (χ3n) is 7.21. The van der Waals surface area contributed by atoms with Gasteiger partial charge in [0.2, 0.25) is 0 Å². The summed E-state index contributed by atoms with van der Waals surface area (Å²) in [5, 5.41) is 8.75. The maximum Gasteiger partial charge on any atom is 0.159 e. The average molecular weight is 557 g/mol. The molecule has 41 heavy (non-hydrogen) atoms. The predicted molar refractivity (Wildman–Crippen MR) is 169 cm³/mol. The Labute approximate surface area is 247 Å². The lowest BCUT2D eigenvalue weighted by Gasteiger charge is -2.07. The maximum absolute atomic E-state index is 11.3. The zero-order valence-electron chi connectivity index (χ0n) is 25.2. The van der Waals surface area contributed by atoms with Gasteiger partial charge in [0.25, 0.3) is 0 Å². The van der Waals surface area contributed by atoms with Crippen LogP contribution in [-0.2, 0) is 6.42 Å². The highest BCUT2D eigenvalue weighted by Gasteiger charge is 2.01. The van der Waals surface area contributed by atoms with Crippen molar-refractivity contribution in [2.24, 2.45) is 10.2 Å².